The zero-order chi connectivity index (χ0) is 10.6. The molecule has 1 heterocycles. The molecule has 74 valence electrons. The highest BCUT2D eigenvalue weighted by molar-refractivity contribution is 5.41. The SMILES string of the molecule is CCc1nnc(CC#N)nc1N(C)C. The summed E-state index contributed by atoms with van der Waals surface area (Å²) in [6.45, 7) is 2.00. The summed E-state index contributed by atoms with van der Waals surface area (Å²) in [4.78, 5) is 6.15. The smallest absolute Gasteiger partial charge is 0.167 e. The van der Waals surface area contributed by atoms with Gasteiger partial charge in [-0.15, -0.1) is 10.2 Å². The van der Waals surface area contributed by atoms with Gasteiger partial charge in [-0.2, -0.15) is 5.26 Å². The van der Waals surface area contributed by atoms with Gasteiger partial charge in [0.25, 0.3) is 0 Å². The molecule has 0 saturated carbocycles. The molecule has 0 amide bonds. The minimum absolute atomic E-state index is 0.206. The first kappa shape index (κ1) is 10.4. The van der Waals surface area contributed by atoms with E-state index in [-0.39, 0.29) is 6.42 Å². The van der Waals surface area contributed by atoms with E-state index in [0.717, 1.165) is 17.9 Å². The van der Waals surface area contributed by atoms with Gasteiger partial charge in [-0.05, 0) is 6.42 Å². The fourth-order valence-electron chi connectivity index (χ4n) is 1.10. The molecule has 0 bridgehead atoms. The first-order chi connectivity index (χ1) is 6.69. The van der Waals surface area contributed by atoms with Gasteiger partial charge in [0.2, 0.25) is 0 Å². The van der Waals surface area contributed by atoms with E-state index >= 15 is 0 Å². The maximum atomic E-state index is 8.50. The molecule has 0 radical (unpaired) electrons. The van der Waals surface area contributed by atoms with Crippen LogP contribution in [0.2, 0.25) is 0 Å². The van der Waals surface area contributed by atoms with Gasteiger partial charge < -0.3 is 4.90 Å². The van der Waals surface area contributed by atoms with E-state index in [2.05, 4.69) is 15.2 Å². The van der Waals surface area contributed by atoms with Crippen molar-refractivity contribution in [2.24, 2.45) is 0 Å². The van der Waals surface area contributed by atoms with E-state index < -0.39 is 0 Å². The maximum Gasteiger partial charge on any atom is 0.167 e. The number of rotatable bonds is 3. The van der Waals surface area contributed by atoms with Gasteiger partial charge in [-0.3, -0.25) is 0 Å². The van der Waals surface area contributed by atoms with E-state index in [1.54, 1.807) is 0 Å². The fraction of sp³-hybridized carbons (Fsp3) is 0.556. The Morgan fingerprint density at radius 3 is 2.57 bits per heavy atom. The van der Waals surface area contributed by atoms with Crippen molar-refractivity contribution in [3.8, 4) is 6.07 Å². The highest BCUT2D eigenvalue weighted by Crippen LogP contribution is 2.12. The summed E-state index contributed by atoms with van der Waals surface area (Å²) in [7, 11) is 3.80. The molecule has 0 N–H and O–H groups in total. The number of nitriles is 1. The Morgan fingerprint density at radius 2 is 2.07 bits per heavy atom. The Morgan fingerprint density at radius 1 is 1.36 bits per heavy atom. The second-order valence-electron chi connectivity index (χ2n) is 3.08. The van der Waals surface area contributed by atoms with Gasteiger partial charge in [0.15, 0.2) is 11.6 Å². The third-order valence-corrected chi connectivity index (χ3v) is 1.77. The summed E-state index contributed by atoms with van der Waals surface area (Å²) >= 11 is 0. The Bertz CT molecular complexity index is 353. The molecule has 5 nitrogen and oxygen atoms in total. The van der Waals surface area contributed by atoms with Crippen LogP contribution < -0.4 is 4.90 Å². The highest BCUT2D eigenvalue weighted by Gasteiger charge is 2.08. The summed E-state index contributed by atoms with van der Waals surface area (Å²) in [6.07, 6.45) is 0.998. The summed E-state index contributed by atoms with van der Waals surface area (Å²) in [6, 6.07) is 2.00. The van der Waals surface area contributed by atoms with Crippen LogP contribution >= 0.6 is 0 Å². The van der Waals surface area contributed by atoms with E-state index in [1.807, 2.05) is 32.0 Å². The van der Waals surface area contributed by atoms with Gasteiger partial charge in [-0.1, -0.05) is 6.92 Å². The minimum Gasteiger partial charge on any atom is -0.361 e. The van der Waals surface area contributed by atoms with E-state index in [9.17, 15) is 0 Å². The number of hydrogen-bond donors (Lipinski definition) is 0. The molecule has 0 unspecified atom stereocenters. The molecule has 0 aliphatic heterocycles. The normalized spacial score (nSPS) is 9.57. The van der Waals surface area contributed by atoms with Crippen molar-refractivity contribution in [2.75, 3.05) is 19.0 Å². The molecule has 0 spiro atoms. The molecule has 14 heavy (non-hydrogen) atoms. The predicted octanol–water partition coefficient (Wildman–Crippen LogP) is 0.566. The van der Waals surface area contributed by atoms with Crippen LogP contribution in [-0.4, -0.2) is 29.3 Å². The molecule has 1 aromatic heterocycles. The lowest BCUT2D eigenvalue weighted by Gasteiger charge is -2.14. The zero-order valence-electron chi connectivity index (χ0n) is 8.65. The van der Waals surface area contributed by atoms with Crippen molar-refractivity contribution >= 4 is 5.82 Å². The minimum atomic E-state index is 0.206. The van der Waals surface area contributed by atoms with Crippen LogP contribution in [0.5, 0.6) is 0 Å². The first-order valence-corrected chi connectivity index (χ1v) is 4.45. The largest absolute Gasteiger partial charge is 0.361 e. The molecule has 1 aromatic rings. The van der Waals surface area contributed by atoms with Crippen LogP contribution in [0.1, 0.15) is 18.4 Å². The fourth-order valence-corrected chi connectivity index (χ4v) is 1.10. The third-order valence-electron chi connectivity index (χ3n) is 1.77. The zero-order valence-corrected chi connectivity index (χ0v) is 8.65. The molecule has 0 fully saturated rings. The highest BCUT2D eigenvalue weighted by atomic mass is 15.2. The summed E-state index contributed by atoms with van der Waals surface area (Å²) in [5.74, 6) is 1.28. The Hall–Kier alpha value is -1.70. The summed E-state index contributed by atoms with van der Waals surface area (Å²) in [5.41, 5.74) is 0.858. The Kier molecular flexibility index (Phi) is 3.35. The molecule has 0 saturated heterocycles. The third kappa shape index (κ3) is 2.16. The van der Waals surface area contributed by atoms with Gasteiger partial charge in [0.05, 0.1) is 12.5 Å². The van der Waals surface area contributed by atoms with Gasteiger partial charge in [0.1, 0.15) is 5.69 Å². The lowest BCUT2D eigenvalue weighted by atomic mass is 10.3. The predicted molar refractivity (Wildman–Crippen MR) is 52.8 cm³/mol. The topological polar surface area (TPSA) is 65.7 Å². The molecule has 0 aromatic carbocycles. The number of anilines is 1. The Balaban J connectivity index is 3.09. The molecular weight excluding hydrogens is 178 g/mol. The first-order valence-electron chi connectivity index (χ1n) is 4.45. The standard InChI is InChI=1S/C9H13N5/c1-4-7-9(14(2)3)11-8(5-6-10)13-12-7/h4-5H2,1-3H3. The molecular formula is C9H13N5. The monoisotopic (exact) mass is 191 g/mol. The average Bonchev–Trinajstić information content (AvgIpc) is 2.18. The molecule has 1 rings (SSSR count). The number of aryl methyl sites for hydroxylation is 1. The second kappa shape index (κ2) is 4.51. The molecule has 5 heteroatoms. The van der Waals surface area contributed by atoms with E-state index in [4.69, 9.17) is 5.26 Å². The van der Waals surface area contributed by atoms with Gasteiger partial charge in [-0.25, -0.2) is 4.98 Å². The van der Waals surface area contributed by atoms with Crippen LogP contribution in [0.25, 0.3) is 0 Å². The molecule has 0 atom stereocenters. The molecule has 0 aliphatic rings. The van der Waals surface area contributed by atoms with Gasteiger partial charge in [0, 0.05) is 14.1 Å². The number of aromatic nitrogens is 3. The van der Waals surface area contributed by atoms with Crippen molar-refractivity contribution in [1.29, 1.82) is 5.26 Å². The van der Waals surface area contributed by atoms with Crippen LogP contribution in [0.15, 0.2) is 0 Å². The van der Waals surface area contributed by atoms with Crippen molar-refractivity contribution < 1.29 is 0 Å². The van der Waals surface area contributed by atoms with Crippen LogP contribution in [0, 0.1) is 11.3 Å². The number of nitrogens with zero attached hydrogens (tertiary/aromatic N) is 5. The van der Waals surface area contributed by atoms with E-state index in [0.29, 0.717) is 5.82 Å². The average molecular weight is 191 g/mol. The van der Waals surface area contributed by atoms with Crippen LogP contribution in [-0.2, 0) is 12.8 Å². The van der Waals surface area contributed by atoms with E-state index in [1.165, 1.54) is 0 Å². The van der Waals surface area contributed by atoms with Crippen molar-refractivity contribution in [1.82, 2.24) is 15.2 Å². The molecule has 0 aliphatic carbocycles. The number of hydrogen-bond acceptors (Lipinski definition) is 5. The summed E-state index contributed by atoms with van der Waals surface area (Å²) < 4.78 is 0. The Labute approximate surface area is 83.4 Å². The van der Waals surface area contributed by atoms with Crippen molar-refractivity contribution in [3.63, 3.8) is 0 Å². The van der Waals surface area contributed by atoms with Crippen LogP contribution in [0.4, 0.5) is 5.82 Å². The lowest BCUT2D eigenvalue weighted by Crippen LogP contribution is -2.16. The second-order valence-corrected chi connectivity index (χ2v) is 3.08. The summed E-state index contributed by atoms with van der Waals surface area (Å²) in [5, 5.41) is 16.4. The lowest BCUT2D eigenvalue weighted by molar-refractivity contribution is 0.807. The van der Waals surface area contributed by atoms with Gasteiger partial charge >= 0.3 is 0 Å². The van der Waals surface area contributed by atoms with Crippen molar-refractivity contribution in [3.05, 3.63) is 11.5 Å². The quantitative estimate of drug-likeness (QED) is 0.698. The van der Waals surface area contributed by atoms with Crippen molar-refractivity contribution in [2.45, 2.75) is 19.8 Å². The maximum absolute atomic E-state index is 8.50. The van der Waals surface area contributed by atoms with Crippen LogP contribution in [0.3, 0.4) is 0 Å².